The first-order valence-corrected chi connectivity index (χ1v) is 6.05. The smallest absolute Gasteiger partial charge is 0.252 e. The molecule has 0 unspecified atom stereocenters. The maximum Gasteiger partial charge on any atom is 0.252 e. The third-order valence-corrected chi connectivity index (χ3v) is 2.77. The van der Waals surface area contributed by atoms with Crippen molar-refractivity contribution in [1.82, 2.24) is 4.98 Å². The molecular weight excluding hydrogens is 292 g/mol. The summed E-state index contributed by atoms with van der Waals surface area (Å²) in [7, 11) is 1.51. The molecular formula is C14H17ClN4O2. The fourth-order valence-corrected chi connectivity index (χ4v) is 1.76. The Morgan fingerprint density at radius 1 is 1.33 bits per heavy atom. The third-order valence-electron chi connectivity index (χ3n) is 2.77. The third kappa shape index (κ3) is 4.08. The molecule has 1 aromatic heterocycles. The summed E-state index contributed by atoms with van der Waals surface area (Å²) in [6, 6.07) is 10.7. The number of rotatable bonds is 5. The predicted molar refractivity (Wildman–Crippen MR) is 84.2 cm³/mol. The van der Waals surface area contributed by atoms with E-state index in [1.54, 1.807) is 12.1 Å². The molecule has 0 saturated heterocycles. The number of hydrogen-bond donors (Lipinski definition) is 3. The van der Waals surface area contributed by atoms with Crippen molar-refractivity contribution in [2.24, 2.45) is 11.5 Å². The van der Waals surface area contributed by atoms with Crippen molar-refractivity contribution in [1.29, 1.82) is 0 Å². The first-order valence-electron chi connectivity index (χ1n) is 6.05. The average Bonchev–Trinajstić information content (AvgIpc) is 2.47. The van der Waals surface area contributed by atoms with Gasteiger partial charge >= 0.3 is 0 Å². The maximum absolute atomic E-state index is 11.4. The van der Waals surface area contributed by atoms with Gasteiger partial charge in [0.25, 0.3) is 5.91 Å². The highest BCUT2D eigenvalue weighted by Crippen LogP contribution is 2.22. The van der Waals surface area contributed by atoms with Crippen molar-refractivity contribution < 1.29 is 9.53 Å². The molecule has 0 radical (unpaired) electrons. The van der Waals surface area contributed by atoms with Gasteiger partial charge in [0, 0.05) is 18.3 Å². The molecule has 1 aromatic carbocycles. The van der Waals surface area contributed by atoms with Crippen LogP contribution in [0.2, 0.25) is 0 Å². The van der Waals surface area contributed by atoms with Gasteiger partial charge in [0.15, 0.2) is 0 Å². The van der Waals surface area contributed by atoms with Crippen molar-refractivity contribution >= 4 is 29.8 Å². The fourth-order valence-electron chi connectivity index (χ4n) is 1.76. The summed E-state index contributed by atoms with van der Waals surface area (Å²) in [5.41, 5.74) is 13.0. The highest BCUT2D eigenvalue weighted by Gasteiger charge is 2.11. The first-order chi connectivity index (χ1) is 9.63. The van der Waals surface area contributed by atoms with E-state index in [-0.39, 0.29) is 12.4 Å². The van der Waals surface area contributed by atoms with Gasteiger partial charge in [-0.25, -0.2) is 0 Å². The van der Waals surface area contributed by atoms with Gasteiger partial charge < -0.3 is 21.5 Å². The lowest BCUT2D eigenvalue weighted by atomic mass is 10.2. The van der Waals surface area contributed by atoms with Gasteiger partial charge in [0.2, 0.25) is 5.88 Å². The predicted octanol–water partition coefficient (Wildman–Crippen LogP) is 1.81. The molecule has 0 aliphatic heterocycles. The molecule has 0 fully saturated rings. The number of methoxy groups -OCH3 is 1. The topological polar surface area (TPSA) is 103 Å². The minimum Gasteiger partial charge on any atom is -0.481 e. The number of aromatic nitrogens is 1. The van der Waals surface area contributed by atoms with Crippen molar-refractivity contribution in [3.8, 4) is 5.88 Å². The zero-order chi connectivity index (χ0) is 14.5. The van der Waals surface area contributed by atoms with Gasteiger partial charge in [-0.05, 0) is 23.8 Å². The molecule has 1 heterocycles. The van der Waals surface area contributed by atoms with Gasteiger partial charge in [0.05, 0.1) is 12.7 Å². The number of carbonyl (C=O) groups excluding carboxylic acids is 1. The number of carbonyl (C=O) groups is 1. The Hall–Kier alpha value is -2.31. The number of nitrogens with two attached hydrogens (primary N) is 2. The molecule has 6 nitrogen and oxygen atoms in total. The van der Waals surface area contributed by atoms with E-state index >= 15 is 0 Å². The Labute approximate surface area is 128 Å². The Morgan fingerprint density at radius 2 is 2.10 bits per heavy atom. The molecule has 112 valence electrons. The minimum absolute atomic E-state index is 0. The summed E-state index contributed by atoms with van der Waals surface area (Å²) in [6.07, 6.45) is 0. The van der Waals surface area contributed by atoms with E-state index < -0.39 is 5.91 Å². The number of amides is 1. The van der Waals surface area contributed by atoms with Gasteiger partial charge in [-0.3, -0.25) is 4.79 Å². The summed E-state index contributed by atoms with van der Waals surface area (Å²) in [5.74, 6) is 0.191. The van der Waals surface area contributed by atoms with Crippen LogP contribution in [-0.2, 0) is 6.54 Å². The van der Waals surface area contributed by atoms with Gasteiger partial charge in [-0.15, -0.1) is 12.4 Å². The van der Waals surface area contributed by atoms with Crippen LogP contribution in [0.5, 0.6) is 5.88 Å². The number of pyridine rings is 1. The molecule has 5 N–H and O–H groups in total. The molecule has 2 rings (SSSR count). The average molecular weight is 309 g/mol. The van der Waals surface area contributed by atoms with Crippen molar-refractivity contribution in [3.05, 3.63) is 47.5 Å². The van der Waals surface area contributed by atoms with Crippen LogP contribution < -0.4 is 21.5 Å². The normalized spacial score (nSPS) is 9.62. The van der Waals surface area contributed by atoms with Crippen LogP contribution in [-0.4, -0.2) is 18.0 Å². The van der Waals surface area contributed by atoms with Crippen LogP contribution in [0.25, 0.3) is 0 Å². The minimum atomic E-state index is -0.558. The number of hydrogen-bond acceptors (Lipinski definition) is 5. The quantitative estimate of drug-likeness (QED) is 0.781. The van der Waals surface area contributed by atoms with Crippen molar-refractivity contribution in [3.63, 3.8) is 0 Å². The summed E-state index contributed by atoms with van der Waals surface area (Å²) in [4.78, 5) is 15.6. The van der Waals surface area contributed by atoms with E-state index in [4.69, 9.17) is 16.2 Å². The SMILES string of the molecule is COc1ccc(C(N)=O)c(Nc2cccc(CN)c2)n1.Cl. The van der Waals surface area contributed by atoms with Gasteiger partial charge in [-0.1, -0.05) is 12.1 Å². The number of nitrogens with zero attached hydrogens (tertiary/aromatic N) is 1. The monoisotopic (exact) mass is 308 g/mol. The van der Waals surface area contributed by atoms with Crippen LogP contribution in [0.15, 0.2) is 36.4 Å². The fraction of sp³-hybridized carbons (Fsp3) is 0.143. The molecule has 1 amide bonds. The van der Waals surface area contributed by atoms with Crippen molar-refractivity contribution in [2.75, 3.05) is 12.4 Å². The van der Waals surface area contributed by atoms with E-state index in [2.05, 4.69) is 10.3 Å². The van der Waals surface area contributed by atoms with E-state index in [0.717, 1.165) is 11.3 Å². The molecule has 0 atom stereocenters. The molecule has 7 heteroatoms. The lowest BCUT2D eigenvalue weighted by molar-refractivity contribution is 0.100. The number of anilines is 2. The Balaban J connectivity index is 0.00000220. The van der Waals surface area contributed by atoms with Crippen LogP contribution in [0.1, 0.15) is 15.9 Å². The first kappa shape index (κ1) is 16.7. The lowest BCUT2D eigenvalue weighted by Gasteiger charge is -2.11. The second-order valence-electron chi connectivity index (χ2n) is 4.14. The number of halogens is 1. The summed E-state index contributed by atoms with van der Waals surface area (Å²) >= 11 is 0. The van der Waals surface area contributed by atoms with Crippen LogP contribution in [0.4, 0.5) is 11.5 Å². The van der Waals surface area contributed by atoms with Crippen LogP contribution in [0.3, 0.4) is 0 Å². The van der Waals surface area contributed by atoms with E-state index in [9.17, 15) is 4.79 Å². The number of ether oxygens (including phenoxy) is 1. The lowest BCUT2D eigenvalue weighted by Crippen LogP contribution is -2.14. The zero-order valence-electron chi connectivity index (χ0n) is 11.5. The molecule has 0 aliphatic carbocycles. The molecule has 0 aliphatic rings. The highest BCUT2D eigenvalue weighted by molar-refractivity contribution is 5.98. The molecule has 21 heavy (non-hydrogen) atoms. The maximum atomic E-state index is 11.4. The zero-order valence-corrected chi connectivity index (χ0v) is 12.3. The van der Waals surface area contributed by atoms with Crippen LogP contribution in [0, 0.1) is 0 Å². The van der Waals surface area contributed by atoms with Crippen LogP contribution >= 0.6 is 12.4 Å². The second kappa shape index (κ2) is 7.47. The summed E-state index contributed by atoms with van der Waals surface area (Å²) < 4.78 is 5.05. The molecule has 0 bridgehead atoms. The number of nitrogens with one attached hydrogen (secondary N) is 1. The molecule has 0 spiro atoms. The summed E-state index contributed by atoms with van der Waals surface area (Å²) in [6.45, 7) is 0.434. The van der Waals surface area contributed by atoms with E-state index in [1.165, 1.54) is 7.11 Å². The Kier molecular flexibility index (Phi) is 5.95. The molecule has 0 saturated carbocycles. The van der Waals surface area contributed by atoms with E-state index in [1.807, 2.05) is 24.3 Å². The van der Waals surface area contributed by atoms with E-state index in [0.29, 0.717) is 23.8 Å². The second-order valence-corrected chi connectivity index (χ2v) is 4.14. The largest absolute Gasteiger partial charge is 0.481 e. The summed E-state index contributed by atoms with van der Waals surface area (Å²) in [5, 5.41) is 3.06. The molecule has 2 aromatic rings. The number of benzene rings is 1. The van der Waals surface area contributed by atoms with Gasteiger partial charge in [-0.2, -0.15) is 4.98 Å². The highest BCUT2D eigenvalue weighted by atomic mass is 35.5. The standard InChI is InChI=1S/C14H16N4O2.ClH/c1-20-12-6-5-11(13(16)19)14(18-12)17-10-4-2-3-9(7-10)8-15;/h2-7H,8,15H2,1H3,(H2,16,19)(H,17,18);1H. The van der Waals surface area contributed by atoms with Gasteiger partial charge in [0.1, 0.15) is 5.82 Å². The van der Waals surface area contributed by atoms with Crippen molar-refractivity contribution in [2.45, 2.75) is 6.54 Å². The number of primary amides is 1. The Bertz CT molecular complexity index is 634. The Morgan fingerprint density at radius 3 is 2.71 bits per heavy atom.